The number of rotatable bonds is 3. The molecule has 2 aromatic carbocycles. The number of furan rings is 1. The molecule has 5 heteroatoms. The fourth-order valence-corrected chi connectivity index (χ4v) is 3.02. The predicted molar refractivity (Wildman–Crippen MR) is 106 cm³/mol. The molecule has 0 atom stereocenters. The van der Waals surface area contributed by atoms with Gasteiger partial charge in [0.1, 0.15) is 17.3 Å². The topological polar surface area (TPSA) is 45.8 Å². The van der Waals surface area contributed by atoms with Crippen molar-refractivity contribution in [1.82, 2.24) is 0 Å². The zero-order valence-corrected chi connectivity index (χ0v) is 15.6. The van der Waals surface area contributed by atoms with Crippen molar-refractivity contribution >= 4 is 39.4 Å². The Morgan fingerprint density at radius 3 is 2.42 bits per heavy atom. The smallest absolute Gasteiger partial charge is 0.282 e. The molecule has 26 heavy (non-hydrogen) atoms. The van der Waals surface area contributed by atoms with Gasteiger partial charge in [0.2, 0.25) is 0 Å². The van der Waals surface area contributed by atoms with Crippen LogP contribution in [0.5, 0.6) is 0 Å². The third-order valence-corrected chi connectivity index (χ3v) is 4.61. The Kier molecular flexibility index (Phi) is 4.31. The van der Waals surface area contributed by atoms with Crippen molar-refractivity contribution in [3.8, 4) is 0 Å². The van der Waals surface area contributed by atoms with Crippen LogP contribution in [0.1, 0.15) is 16.9 Å². The standard InChI is InChI=1S/C21H15BrN2O2/c1-14-4-10-17(11-5-14)24-20(15-6-8-16(22)9-7-15)23-19(21(24)25)13-18-3-2-12-26-18/h2-13H,1H3/b19-13+. The van der Waals surface area contributed by atoms with Crippen LogP contribution in [0.3, 0.4) is 0 Å². The number of anilines is 1. The molecule has 2 heterocycles. The van der Waals surface area contributed by atoms with Gasteiger partial charge >= 0.3 is 0 Å². The number of aliphatic imine (C=N–C) groups is 1. The Labute approximate surface area is 159 Å². The van der Waals surface area contributed by atoms with E-state index in [1.54, 1.807) is 29.4 Å². The molecule has 4 nitrogen and oxygen atoms in total. The maximum atomic E-state index is 13.1. The number of hydrogen-bond acceptors (Lipinski definition) is 3. The van der Waals surface area contributed by atoms with Crippen molar-refractivity contribution in [1.29, 1.82) is 0 Å². The van der Waals surface area contributed by atoms with Crippen LogP contribution in [0.2, 0.25) is 0 Å². The number of halogens is 1. The number of carbonyl (C=O) groups excluding carboxylic acids is 1. The zero-order chi connectivity index (χ0) is 18.1. The lowest BCUT2D eigenvalue weighted by Gasteiger charge is -2.18. The highest BCUT2D eigenvalue weighted by Gasteiger charge is 2.32. The summed E-state index contributed by atoms with van der Waals surface area (Å²) in [4.78, 5) is 19.3. The Balaban J connectivity index is 1.82. The van der Waals surface area contributed by atoms with Gasteiger partial charge in [-0.25, -0.2) is 4.99 Å². The summed E-state index contributed by atoms with van der Waals surface area (Å²) in [6.45, 7) is 2.02. The minimum absolute atomic E-state index is 0.178. The van der Waals surface area contributed by atoms with Crippen LogP contribution in [0.15, 0.2) is 86.5 Å². The fourth-order valence-electron chi connectivity index (χ4n) is 2.75. The first kappa shape index (κ1) is 16.5. The molecule has 0 aliphatic carbocycles. The van der Waals surface area contributed by atoms with E-state index < -0.39 is 0 Å². The monoisotopic (exact) mass is 406 g/mol. The summed E-state index contributed by atoms with van der Waals surface area (Å²) in [5, 5.41) is 0. The molecule has 0 saturated carbocycles. The van der Waals surface area contributed by atoms with Crippen molar-refractivity contribution in [3.05, 3.63) is 94.0 Å². The van der Waals surface area contributed by atoms with Crippen LogP contribution < -0.4 is 4.90 Å². The Morgan fingerprint density at radius 1 is 1.04 bits per heavy atom. The average Bonchev–Trinajstić information content (AvgIpc) is 3.26. The van der Waals surface area contributed by atoms with E-state index in [-0.39, 0.29) is 5.91 Å². The van der Waals surface area contributed by atoms with E-state index in [0.717, 1.165) is 21.3 Å². The predicted octanol–water partition coefficient (Wildman–Crippen LogP) is 5.19. The summed E-state index contributed by atoms with van der Waals surface area (Å²) in [5.74, 6) is 1.02. The lowest BCUT2D eigenvalue weighted by Crippen LogP contribution is -2.32. The number of amides is 1. The molecule has 0 unspecified atom stereocenters. The quantitative estimate of drug-likeness (QED) is 0.562. The molecule has 1 amide bonds. The van der Waals surface area contributed by atoms with Gasteiger partial charge in [0.25, 0.3) is 5.91 Å². The van der Waals surface area contributed by atoms with Crippen LogP contribution in [0, 0.1) is 6.92 Å². The summed E-state index contributed by atoms with van der Waals surface area (Å²) in [7, 11) is 0. The number of amidine groups is 1. The van der Waals surface area contributed by atoms with Gasteiger partial charge < -0.3 is 4.42 Å². The van der Waals surface area contributed by atoms with E-state index in [0.29, 0.717) is 17.3 Å². The molecule has 4 rings (SSSR count). The van der Waals surface area contributed by atoms with E-state index in [9.17, 15) is 4.79 Å². The first-order chi connectivity index (χ1) is 12.6. The second-order valence-electron chi connectivity index (χ2n) is 5.96. The highest BCUT2D eigenvalue weighted by molar-refractivity contribution is 9.10. The van der Waals surface area contributed by atoms with Gasteiger partial charge in [0.15, 0.2) is 0 Å². The maximum absolute atomic E-state index is 13.1. The van der Waals surface area contributed by atoms with Crippen molar-refractivity contribution < 1.29 is 9.21 Å². The molecule has 0 fully saturated rings. The largest absolute Gasteiger partial charge is 0.465 e. The van der Waals surface area contributed by atoms with Gasteiger partial charge in [-0.1, -0.05) is 45.8 Å². The number of benzene rings is 2. The Hall–Kier alpha value is -2.92. The minimum atomic E-state index is -0.178. The Bertz CT molecular complexity index is 1000. The summed E-state index contributed by atoms with van der Waals surface area (Å²) in [6, 6.07) is 19.1. The third-order valence-electron chi connectivity index (χ3n) is 4.08. The van der Waals surface area contributed by atoms with E-state index in [1.807, 2.05) is 55.5 Å². The van der Waals surface area contributed by atoms with E-state index in [4.69, 9.17) is 4.42 Å². The zero-order valence-electron chi connectivity index (χ0n) is 14.0. The molecule has 0 radical (unpaired) electrons. The third kappa shape index (κ3) is 3.13. The summed E-state index contributed by atoms with van der Waals surface area (Å²) >= 11 is 3.44. The SMILES string of the molecule is Cc1ccc(N2C(=O)/C(=C\c3ccco3)N=C2c2ccc(Br)cc2)cc1. The summed E-state index contributed by atoms with van der Waals surface area (Å²) in [5.41, 5.74) is 3.13. The van der Waals surface area contributed by atoms with Gasteiger partial charge in [0, 0.05) is 16.1 Å². The van der Waals surface area contributed by atoms with Gasteiger partial charge in [-0.2, -0.15) is 0 Å². The van der Waals surface area contributed by atoms with Gasteiger partial charge in [-0.3, -0.25) is 9.69 Å². The normalized spacial score (nSPS) is 15.6. The highest BCUT2D eigenvalue weighted by Crippen LogP contribution is 2.28. The first-order valence-corrected chi connectivity index (χ1v) is 8.92. The molecule has 1 aliphatic rings. The molecule has 128 valence electrons. The van der Waals surface area contributed by atoms with E-state index in [2.05, 4.69) is 20.9 Å². The second kappa shape index (κ2) is 6.77. The molecular weight excluding hydrogens is 392 g/mol. The molecule has 1 aliphatic heterocycles. The summed E-state index contributed by atoms with van der Waals surface area (Å²) in [6.07, 6.45) is 3.23. The highest BCUT2D eigenvalue weighted by atomic mass is 79.9. The molecular formula is C21H15BrN2O2. The Morgan fingerprint density at radius 2 is 1.77 bits per heavy atom. The van der Waals surface area contributed by atoms with Crippen molar-refractivity contribution in [2.75, 3.05) is 4.90 Å². The molecule has 0 N–H and O–H groups in total. The lowest BCUT2D eigenvalue weighted by molar-refractivity contribution is -0.113. The molecule has 3 aromatic rings. The van der Waals surface area contributed by atoms with E-state index >= 15 is 0 Å². The van der Waals surface area contributed by atoms with Gasteiger partial charge in [-0.05, 0) is 43.3 Å². The number of hydrogen-bond donors (Lipinski definition) is 0. The number of aryl methyl sites for hydroxylation is 1. The van der Waals surface area contributed by atoms with Gasteiger partial charge in [-0.15, -0.1) is 0 Å². The van der Waals surface area contributed by atoms with Crippen LogP contribution in [-0.2, 0) is 4.79 Å². The van der Waals surface area contributed by atoms with Crippen molar-refractivity contribution in [2.24, 2.45) is 4.99 Å². The number of carbonyl (C=O) groups is 1. The second-order valence-corrected chi connectivity index (χ2v) is 6.88. The minimum Gasteiger partial charge on any atom is -0.465 e. The molecule has 0 spiro atoms. The molecule has 1 aromatic heterocycles. The summed E-state index contributed by atoms with van der Waals surface area (Å²) < 4.78 is 6.31. The van der Waals surface area contributed by atoms with E-state index in [1.165, 1.54) is 0 Å². The maximum Gasteiger partial charge on any atom is 0.282 e. The van der Waals surface area contributed by atoms with Crippen LogP contribution >= 0.6 is 15.9 Å². The molecule has 0 bridgehead atoms. The lowest BCUT2D eigenvalue weighted by atomic mass is 10.1. The molecule has 0 saturated heterocycles. The van der Waals surface area contributed by atoms with Crippen molar-refractivity contribution in [3.63, 3.8) is 0 Å². The number of nitrogens with zero attached hydrogens (tertiary/aromatic N) is 2. The van der Waals surface area contributed by atoms with Crippen LogP contribution in [-0.4, -0.2) is 11.7 Å². The van der Waals surface area contributed by atoms with Gasteiger partial charge in [0.05, 0.1) is 12.0 Å². The average molecular weight is 407 g/mol. The first-order valence-electron chi connectivity index (χ1n) is 8.13. The van der Waals surface area contributed by atoms with Crippen LogP contribution in [0.4, 0.5) is 5.69 Å². The van der Waals surface area contributed by atoms with Crippen LogP contribution in [0.25, 0.3) is 6.08 Å². The van der Waals surface area contributed by atoms with Crippen molar-refractivity contribution in [2.45, 2.75) is 6.92 Å². The fraction of sp³-hybridized carbons (Fsp3) is 0.0476.